The van der Waals surface area contributed by atoms with Gasteiger partial charge in [0.2, 0.25) is 0 Å². The monoisotopic (exact) mass is 255 g/mol. The minimum absolute atomic E-state index is 0.591. The quantitative estimate of drug-likeness (QED) is 0.656. The van der Waals surface area contributed by atoms with Gasteiger partial charge in [0.25, 0.3) is 0 Å². The van der Waals surface area contributed by atoms with Crippen molar-refractivity contribution in [2.45, 2.75) is 13.8 Å². The Labute approximate surface area is 112 Å². The predicted octanol–water partition coefficient (Wildman–Crippen LogP) is 4.31. The summed E-state index contributed by atoms with van der Waals surface area (Å²) in [6.45, 7) is 4.04. The van der Waals surface area contributed by atoms with Crippen LogP contribution in [0.1, 0.15) is 11.1 Å². The lowest BCUT2D eigenvalue weighted by molar-refractivity contribution is 0.417. The molecule has 0 amide bonds. The molecule has 0 saturated heterocycles. The summed E-state index contributed by atoms with van der Waals surface area (Å²) in [7, 11) is 1.58. The van der Waals surface area contributed by atoms with Crippen molar-refractivity contribution < 1.29 is 4.74 Å². The van der Waals surface area contributed by atoms with Crippen LogP contribution < -0.4 is 10.5 Å². The van der Waals surface area contributed by atoms with E-state index in [1.165, 1.54) is 0 Å². The number of azo groups is 1. The summed E-state index contributed by atoms with van der Waals surface area (Å²) in [5, 5.41) is 8.49. The standard InChI is InChI=1S/C15H17N3O/c1-10-4-5-11(2)14(8-10)18-17-12-6-7-13(16)15(9-12)19-3/h4-9H,16H2,1-3H3. The van der Waals surface area contributed by atoms with Gasteiger partial charge in [-0.1, -0.05) is 12.1 Å². The van der Waals surface area contributed by atoms with Gasteiger partial charge in [-0.05, 0) is 43.2 Å². The summed E-state index contributed by atoms with van der Waals surface area (Å²) in [5.74, 6) is 0.609. The van der Waals surface area contributed by atoms with E-state index in [4.69, 9.17) is 10.5 Å². The number of aryl methyl sites for hydroxylation is 2. The summed E-state index contributed by atoms with van der Waals surface area (Å²) in [4.78, 5) is 0. The van der Waals surface area contributed by atoms with Crippen molar-refractivity contribution in [3.63, 3.8) is 0 Å². The smallest absolute Gasteiger partial charge is 0.143 e. The van der Waals surface area contributed by atoms with Gasteiger partial charge in [0.05, 0.1) is 24.2 Å². The Bertz CT molecular complexity index is 621. The minimum atomic E-state index is 0.591. The maximum atomic E-state index is 5.75. The van der Waals surface area contributed by atoms with E-state index in [-0.39, 0.29) is 0 Å². The van der Waals surface area contributed by atoms with Crippen molar-refractivity contribution in [2.24, 2.45) is 10.2 Å². The van der Waals surface area contributed by atoms with Crippen LogP contribution in [0.5, 0.6) is 5.75 Å². The van der Waals surface area contributed by atoms with E-state index in [2.05, 4.69) is 16.3 Å². The third-order valence-corrected chi connectivity index (χ3v) is 2.85. The van der Waals surface area contributed by atoms with E-state index >= 15 is 0 Å². The van der Waals surface area contributed by atoms with Crippen LogP contribution in [-0.4, -0.2) is 7.11 Å². The van der Waals surface area contributed by atoms with Crippen molar-refractivity contribution >= 4 is 17.1 Å². The molecule has 2 aromatic rings. The molecule has 4 heteroatoms. The average molecular weight is 255 g/mol. The first-order valence-electron chi connectivity index (χ1n) is 6.02. The van der Waals surface area contributed by atoms with Gasteiger partial charge in [-0.2, -0.15) is 10.2 Å². The molecule has 0 heterocycles. The van der Waals surface area contributed by atoms with Crippen molar-refractivity contribution in [1.82, 2.24) is 0 Å². The number of ether oxygens (including phenoxy) is 1. The lowest BCUT2D eigenvalue weighted by Gasteiger charge is -2.04. The van der Waals surface area contributed by atoms with Gasteiger partial charge in [0.1, 0.15) is 5.75 Å². The van der Waals surface area contributed by atoms with Crippen molar-refractivity contribution in [2.75, 3.05) is 12.8 Å². The van der Waals surface area contributed by atoms with Gasteiger partial charge in [-0.15, -0.1) is 0 Å². The van der Waals surface area contributed by atoms with Gasteiger partial charge in [-0.25, -0.2) is 0 Å². The first kappa shape index (κ1) is 13.1. The number of nitrogen functional groups attached to an aromatic ring is 1. The normalized spacial score (nSPS) is 10.9. The number of hydrogen-bond donors (Lipinski definition) is 1. The van der Waals surface area contributed by atoms with Crippen LogP contribution in [0, 0.1) is 13.8 Å². The molecule has 0 radical (unpaired) electrons. The zero-order valence-corrected chi connectivity index (χ0v) is 11.3. The lowest BCUT2D eigenvalue weighted by Crippen LogP contribution is -1.90. The first-order valence-corrected chi connectivity index (χ1v) is 6.02. The Hall–Kier alpha value is -2.36. The van der Waals surface area contributed by atoms with E-state index in [1.54, 1.807) is 19.2 Å². The number of hydrogen-bond acceptors (Lipinski definition) is 4. The highest BCUT2D eigenvalue weighted by atomic mass is 16.5. The van der Waals surface area contributed by atoms with Gasteiger partial charge in [0.15, 0.2) is 0 Å². The second-order valence-corrected chi connectivity index (χ2v) is 4.42. The van der Waals surface area contributed by atoms with Gasteiger partial charge in [-0.3, -0.25) is 0 Å². The van der Waals surface area contributed by atoms with Crippen molar-refractivity contribution in [1.29, 1.82) is 0 Å². The molecule has 0 aliphatic carbocycles. The van der Waals surface area contributed by atoms with Gasteiger partial charge >= 0.3 is 0 Å². The Morgan fingerprint density at radius 3 is 2.53 bits per heavy atom. The van der Waals surface area contributed by atoms with E-state index < -0.39 is 0 Å². The third kappa shape index (κ3) is 3.10. The van der Waals surface area contributed by atoms with Crippen LogP contribution in [-0.2, 0) is 0 Å². The topological polar surface area (TPSA) is 60.0 Å². The number of anilines is 1. The molecule has 0 saturated carbocycles. The molecule has 0 unspecified atom stereocenters. The van der Waals surface area contributed by atoms with Gasteiger partial charge in [0, 0.05) is 6.07 Å². The lowest BCUT2D eigenvalue weighted by atomic mass is 10.1. The van der Waals surface area contributed by atoms with E-state index in [0.29, 0.717) is 17.1 Å². The van der Waals surface area contributed by atoms with Crippen LogP contribution >= 0.6 is 0 Å². The van der Waals surface area contributed by atoms with Crippen LogP contribution in [0.4, 0.5) is 17.1 Å². The SMILES string of the molecule is COc1cc(N=Nc2cc(C)ccc2C)ccc1N. The molecule has 0 aliphatic heterocycles. The van der Waals surface area contributed by atoms with E-state index in [0.717, 1.165) is 16.8 Å². The van der Waals surface area contributed by atoms with Crippen LogP contribution in [0.2, 0.25) is 0 Å². The fourth-order valence-corrected chi connectivity index (χ4v) is 1.70. The molecule has 0 aromatic heterocycles. The molecule has 0 bridgehead atoms. The third-order valence-electron chi connectivity index (χ3n) is 2.85. The molecule has 0 spiro atoms. The molecule has 0 fully saturated rings. The number of rotatable bonds is 3. The molecular formula is C15H17N3O. The van der Waals surface area contributed by atoms with Gasteiger partial charge < -0.3 is 10.5 Å². The maximum absolute atomic E-state index is 5.75. The fraction of sp³-hybridized carbons (Fsp3) is 0.200. The molecule has 0 atom stereocenters. The fourth-order valence-electron chi connectivity index (χ4n) is 1.70. The maximum Gasteiger partial charge on any atom is 0.143 e. The molecule has 2 aromatic carbocycles. The summed E-state index contributed by atoms with van der Waals surface area (Å²) in [5.41, 5.74) is 10.2. The number of methoxy groups -OCH3 is 1. The Morgan fingerprint density at radius 2 is 1.79 bits per heavy atom. The molecule has 2 N–H and O–H groups in total. The number of nitrogens with two attached hydrogens (primary N) is 1. The van der Waals surface area contributed by atoms with Crippen LogP contribution in [0.15, 0.2) is 46.6 Å². The zero-order chi connectivity index (χ0) is 13.8. The molecule has 2 rings (SSSR count). The largest absolute Gasteiger partial charge is 0.495 e. The Balaban J connectivity index is 2.29. The Kier molecular flexibility index (Phi) is 3.80. The second-order valence-electron chi connectivity index (χ2n) is 4.42. The molecule has 0 aliphatic rings. The highest BCUT2D eigenvalue weighted by Gasteiger charge is 2.01. The molecule has 4 nitrogen and oxygen atoms in total. The van der Waals surface area contributed by atoms with E-state index in [9.17, 15) is 0 Å². The second kappa shape index (κ2) is 5.52. The van der Waals surface area contributed by atoms with Crippen molar-refractivity contribution in [3.05, 3.63) is 47.5 Å². The summed E-state index contributed by atoms with van der Waals surface area (Å²) in [6.07, 6.45) is 0. The average Bonchev–Trinajstić information content (AvgIpc) is 2.41. The van der Waals surface area contributed by atoms with Crippen LogP contribution in [0.25, 0.3) is 0 Å². The molecule has 98 valence electrons. The summed E-state index contributed by atoms with van der Waals surface area (Å²) >= 11 is 0. The first-order chi connectivity index (χ1) is 9.10. The number of nitrogens with zero attached hydrogens (tertiary/aromatic N) is 2. The highest BCUT2D eigenvalue weighted by molar-refractivity contribution is 5.59. The summed E-state index contributed by atoms with van der Waals surface area (Å²) in [6, 6.07) is 11.4. The van der Waals surface area contributed by atoms with Crippen LogP contribution in [0.3, 0.4) is 0 Å². The predicted molar refractivity (Wildman–Crippen MR) is 77.5 cm³/mol. The highest BCUT2D eigenvalue weighted by Crippen LogP contribution is 2.28. The molecule has 19 heavy (non-hydrogen) atoms. The Morgan fingerprint density at radius 1 is 1.00 bits per heavy atom. The van der Waals surface area contributed by atoms with E-state index in [1.807, 2.05) is 32.0 Å². The minimum Gasteiger partial charge on any atom is -0.495 e. The van der Waals surface area contributed by atoms with Crippen molar-refractivity contribution in [3.8, 4) is 5.75 Å². The zero-order valence-electron chi connectivity index (χ0n) is 11.3. The molecular weight excluding hydrogens is 238 g/mol. The summed E-state index contributed by atoms with van der Waals surface area (Å²) < 4.78 is 5.15. The number of benzene rings is 2.